The standard InChI is InChI=1S/C17H18ClN3O4S/c1-3-25-16(24)14-10(2)20-17(26-14)21-13(22)8-9-19-15(23)11-6-4-5-7-12(11)18/h4-7H,3,8-9H2,1-2H3,(H,19,23)(H,20,21,22). The maximum absolute atomic E-state index is 12.0. The highest BCUT2D eigenvalue weighted by atomic mass is 35.5. The van der Waals surface area contributed by atoms with Crippen LogP contribution in [0.1, 0.15) is 39.1 Å². The fraction of sp³-hybridized carbons (Fsp3) is 0.294. The van der Waals surface area contributed by atoms with Gasteiger partial charge in [0, 0.05) is 13.0 Å². The molecule has 0 radical (unpaired) electrons. The predicted octanol–water partition coefficient (Wildman–Crippen LogP) is 3.04. The Labute approximate surface area is 159 Å². The molecular weight excluding hydrogens is 378 g/mol. The van der Waals surface area contributed by atoms with Crippen LogP contribution in [0.5, 0.6) is 0 Å². The van der Waals surface area contributed by atoms with Crippen LogP contribution in [0, 0.1) is 6.92 Å². The molecule has 9 heteroatoms. The lowest BCUT2D eigenvalue weighted by Crippen LogP contribution is -2.27. The predicted molar refractivity (Wildman–Crippen MR) is 99.8 cm³/mol. The number of thiazole rings is 1. The van der Waals surface area contributed by atoms with Crippen LogP contribution in [-0.4, -0.2) is 35.9 Å². The van der Waals surface area contributed by atoms with E-state index in [1.807, 2.05) is 0 Å². The number of hydrogen-bond acceptors (Lipinski definition) is 6. The maximum atomic E-state index is 12.0. The first-order chi connectivity index (χ1) is 12.4. The van der Waals surface area contributed by atoms with Crippen molar-refractivity contribution < 1.29 is 19.1 Å². The van der Waals surface area contributed by atoms with Gasteiger partial charge in [-0.25, -0.2) is 9.78 Å². The largest absolute Gasteiger partial charge is 0.462 e. The number of ether oxygens (including phenoxy) is 1. The van der Waals surface area contributed by atoms with E-state index in [1.54, 1.807) is 38.1 Å². The van der Waals surface area contributed by atoms with E-state index in [1.165, 1.54) is 0 Å². The molecule has 26 heavy (non-hydrogen) atoms. The van der Waals surface area contributed by atoms with Gasteiger partial charge in [0.15, 0.2) is 5.13 Å². The van der Waals surface area contributed by atoms with Crippen molar-refractivity contribution in [3.63, 3.8) is 0 Å². The molecule has 2 amide bonds. The third kappa shape index (κ3) is 5.27. The maximum Gasteiger partial charge on any atom is 0.350 e. The van der Waals surface area contributed by atoms with Gasteiger partial charge in [-0.15, -0.1) is 0 Å². The molecule has 0 aliphatic rings. The van der Waals surface area contributed by atoms with Crippen LogP contribution >= 0.6 is 22.9 Å². The van der Waals surface area contributed by atoms with Gasteiger partial charge in [0.25, 0.3) is 5.91 Å². The van der Waals surface area contributed by atoms with E-state index in [9.17, 15) is 14.4 Å². The number of esters is 1. The van der Waals surface area contributed by atoms with Crippen LogP contribution in [0.25, 0.3) is 0 Å². The highest BCUT2D eigenvalue weighted by molar-refractivity contribution is 7.17. The second-order valence-corrected chi connectivity index (χ2v) is 6.59. The van der Waals surface area contributed by atoms with Gasteiger partial charge < -0.3 is 15.4 Å². The van der Waals surface area contributed by atoms with Crippen molar-refractivity contribution in [3.8, 4) is 0 Å². The molecule has 0 aliphatic carbocycles. The smallest absolute Gasteiger partial charge is 0.350 e. The topological polar surface area (TPSA) is 97.4 Å². The lowest BCUT2D eigenvalue weighted by atomic mass is 10.2. The third-order valence-corrected chi connectivity index (χ3v) is 4.64. The van der Waals surface area contributed by atoms with Crippen LogP contribution in [0.15, 0.2) is 24.3 Å². The minimum atomic E-state index is -0.463. The second-order valence-electron chi connectivity index (χ2n) is 5.19. The van der Waals surface area contributed by atoms with E-state index in [2.05, 4.69) is 15.6 Å². The van der Waals surface area contributed by atoms with Crippen molar-refractivity contribution in [2.75, 3.05) is 18.5 Å². The number of aryl methyl sites for hydroxylation is 1. The van der Waals surface area contributed by atoms with Crippen molar-refractivity contribution in [2.45, 2.75) is 20.3 Å². The van der Waals surface area contributed by atoms with E-state index in [0.717, 1.165) is 11.3 Å². The summed E-state index contributed by atoms with van der Waals surface area (Å²) >= 11 is 7.00. The van der Waals surface area contributed by atoms with E-state index >= 15 is 0 Å². The first-order valence-corrected chi connectivity index (χ1v) is 9.09. The van der Waals surface area contributed by atoms with E-state index in [0.29, 0.717) is 26.3 Å². The molecule has 0 atom stereocenters. The fourth-order valence-electron chi connectivity index (χ4n) is 2.05. The molecule has 0 saturated carbocycles. The minimum absolute atomic E-state index is 0.0591. The van der Waals surface area contributed by atoms with Crippen LogP contribution in [-0.2, 0) is 9.53 Å². The van der Waals surface area contributed by atoms with Gasteiger partial charge in [-0.05, 0) is 26.0 Å². The summed E-state index contributed by atoms with van der Waals surface area (Å²) in [4.78, 5) is 40.2. The molecule has 0 unspecified atom stereocenters. The zero-order valence-corrected chi connectivity index (χ0v) is 15.9. The van der Waals surface area contributed by atoms with Gasteiger partial charge in [-0.1, -0.05) is 35.1 Å². The first kappa shape index (κ1) is 19.9. The average Bonchev–Trinajstić information content (AvgIpc) is 2.95. The molecule has 138 valence electrons. The van der Waals surface area contributed by atoms with Gasteiger partial charge in [0.2, 0.25) is 5.91 Å². The Bertz CT molecular complexity index is 822. The molecule has 0 saturated heterocycles. The Hall–Kier alpha value is -2.45. The van der Waals surface area contributed by atoms with Crippen molar-refractivity contribution in [1.82, 2.24) is 10.3 Å². The molecule has 0 aliphatic heterocycles. The molecule has 1 heterocycles. The Morgan fingerprint density at radius 3 is 2.69 bits per heavy atom. The molecule has 2 aromatic rings. The average molecular weight is 396 g/mol. The van der Waals surface area contributed by atoms with E-state index in [-0.39, 0.29) is 31.4 Å². The van der Waals surface area contributed by atoms with Crippen molar-refractivity contribution in [1.29, 1.82) is 0 Å². The molecule has 7 nitrogen and oxygen atoms in total. The number of carbonyl (C=O) groups excluding carboxylic acids is 3. The normalized spacial score (nSPS) is 10.3. The minimum Gasteiger partial charge on any atom is -0.462 e. The van der Waals surface area contributed by atoms with Crippen molar-refractivity contribution in [2.24, 2.45) is 0 Å². The van der Waals surface area contributed by atoms with E-state index in [4.69, 9.17) is 16.3 Å². The molecular formula is C17H18ClN3O4S. The van der Waals surface area contributed by atoms with Crippen LogP contribution in [0.2, 0.25) is 5.02 Å². The van der Waals surface area contributed by atoms with Crippen molar-refractivity contribution >= 4 is 45.9 Å². The monoisotopic (exact) mass is 395 g/mol. The Morgan fingerprint density at radius 1 is 1.27 bits per heavy atom. The molecule has 0 bridgehead atoms. The molecule has 2 rings (SSSR count). The molecule has 2 N–H and O–H groups in total. The van der Waals surface area contributed by atoms with Gasteiger partial charge in [0.1, 0.15) is 4.88 Å². The highest BCUT2D eigenvalue weighted by Crippen LogP contribution is 2.23. The summed E-state index contributed by atoms with van der Waals surface area (Å²) in [5.74, 6) is -1.14. The second kappa shape index (κ2) is 9.30. The van der Waals surface area contributed by atoms with Gasteiger partial charge in [-0.2, -0.15) is 0 Å². The number of halogens is 1. The first-order valence-electron chi connectivity index (χ1n) is 7.89. The summed E-state index contributed by atoms with van der Waals surface area (Å²) in [6, 6.07) is 6.66. The molecule has 1 aromatic carbocycles. The number of hydrogen-bond donors (Lipinski definition) is 2. The number of nitrogens with one attached hydrogen (secondary N) is 2. The number of nitrogens with zero attached hydrogens (tertiary/aromatic N) is 1. The molecule has 0 spiro atoms. The number of anilines is 1. The number of carbonyl (C=O) groups is 3. The number of aromatic nitrogens is 1. The van der Waals surface area contributed by atoms with Gasteiger partial charge in [-0.3, -0.25) is 9.59 Å². The highest BCUT2D eigenvalue weighted by Gasteiger charge is 2.17. The Morgan fingerprint density at radius 2 is 2.00 bits per heavy atom. The number of amides is 2. The number of benzene rings is 1. The fourth-order valence-corrected chi connectivity index (χ4v) is 3.15. The van der Waals surface area contributed by atoms with Gasteiger partial charge >= 0.3 is 5.97 Å². The summed E-state index contributed by atoms with van der Waals surface area (Å²) in [5, 5.41) is 5.90. The summed E-state index contributed by atoms with van der Waals surface area (Å²) in [7, 11) is 0. The lowest BCUT2D eigenvalue weighted by Gasteiger charge is -2.06. The molecule has 0 fully saturated rings. The van der Waals surface area contributed by atoms with Crippen LogP contribution in [0.3, 0.4) is 0 Å². The number of rotatable bonds is 7. The lowest BCUT2D eigenvalue weighted by molar-refractivity contribution is -0.116. The Kier molecular flexibility index (Phi) is 7.11. The molecule has 1 aromatic heterocycles. The summed E-state index contributed by atoms with van der Waals surface area (Å²) < 4.78 is 4.93. The summed E-state index contributed by atoms with van der Waals surface area (Å²) in [6.45, 7) is 3.80. The van der Waals surface area contributed by atoms with Crippen LogP contribution in [0.4, 0.5) is 5.13 Å². The van der Waals surface area contributed by atoms with Crippen LogP contribution < -0.4 is 10.6 Å². The summed E-state index contributed by atoms with van der Waals surface area (Å²) in [6.07, 6.45) is 0.0591. The quantitative estimate of drug-likeness (QED) is 0.702. The SMILES string of the molecule is CCOC(=O)c1sc(NC(=O)CCNC(=O)c2ccccc2Cl)nc1C. The zero-order chi connectivity index (χ0) is 19.1. The van der Waals surface area contributed by atoms with Crippen molar-refractivity contribution in [3.05, 3.63) is 45.4 Å². The summed E-state index contributed by atoms with van der Waals surface area (Å²) in [5.41, 5.74) is 0.847. The van der Waals surface area contributed by atoms with Gasteiger partial charge in [0.05, 0.1) is 22.9 Å². The Balaban J connectivity index is 1.84. The van der Waals surface area contributed by atoms with E-state index < -0.39 is 5.97 Å². The third-order valence-electron chi connectivity index (χ3n) is 3.26. The zero-order valence-electron chi connectivity index (χ0n) is 14.3.